The van der Waals surface area contributed by atoms with E-state index in [4.69, 9.17) is 5.73 Å². The Bertz CT molecular complexity index is 580. The Morgan fingerprint density at radius 3 is 3.11 bits per heavy atom. The highest BCUT2D eigenvalue weighted by molar-refractivity contribution is 7.11. The van der Waals surface area contributed by atoms with Crippen molar-refractivity contribution >= 4 is 22.9 Å². The van der Waals surface area contributed by atoms with Crippen LogP contribution in [0.3, 0.4) is 0 Å². The SMILES string of the molecule is Nc1cccc2c1CN(C(=O)c1cncs1)CC2. The van der Waals surface area contributed by atoms with Gasteiger partial charge < -0.3 is 10.6 Å². The number of nitrogen functional groups attached to an aromatic ring is 1. The van der Waals surface area contributed by atoms with Gasteiger partial charge in [-0.2, -0.15) is 0 Å². The molecule has 92 valence electrons. The van der Waals surface area contributed by atoms with E-state index in [1.54, 1.807) is 11.7 Å². The highest BCUT2D eigenvalue weighted by atomic mass is 32.1. The molecule has 0 spiro atoms. The van der Waals surface area contributed by atoms with E-state index in [-0.39, 0.29) is 5.91 Å². The fourth-order valence-corrected chi connectivity index (χ4v) is 2.84. The zero-order valence-corrected chi connectivity index (χ0v) is 10.6. The number of hydrogen-bond donors (Lipinski definition) is 1. The molecule has 2 heterocycles. The standard InChI is InChI=1S/C13H13N3OS/c14-11-3-1-2-9-4-5-16(7-10(9)11)13(17)12-6-15-8-18-12/h1-3,6,8H,4-5,7,14H2. The minimum atomic E-state index is 0.0476. The lowest BCUT2D eigenvalue weighted by Gasteiger charge is -2.29. The number of hydrogen-bond acceptors (Lipinski definition) is 4. The number of carbonyl (C=O) groups is 1. The molecule has 4 nitrogen and oxygen atoms in total. The van der Waals surface area contributed by atoms with Crippen molar-refractivity contribution in [1.29, 1.82) is 0 Å². The second kappa shape index (κ2) is 4.42. The summed E-state index contributed by atoms with van der Waals surface area (Å²) in [5.74, 6) is 0.0476. The van der Waals surface area contributed by atoms with Gasteiger partial charge in [-0.1, -0.05) is 12.1 Å². The van der Waals surface area contributed by atoms with Crippen molar-refractivity contribution in [1.82, 2.24) is 9.88 Å². The van der Waals surface area contributed by atoms with E-state index in [0.717, 1.165) is 24.2 Å². The average Bonchev–Trinajstić information content (AvgIpc) is 2.92. The van der Waals surface area contributed by atoms with Crippen molar-refractivity contribution in [2.24, 2.45) is 0 Å². The van der Waals surface area contributed by atoms with Gasteiger partial charge in [0.1, 0.15) is 4.88 Å². The van der Waals surface area contributed by atoms with Crippen molar-refractivity contribution in [3.63, 3.8) is 0 Å². The summed E-state index contributed by atoms with van der Waals surface area (Å²) in [7, 11) is 0. The van der Waals surface area contributed by atoms with Crippen LogP contribution in [-0.2, 0) is 13.0 Å². The molecule has 0 unspecified atom stereocenters. The Labute approximate surface area is 109 Å². The molecule has 1 aromatic carbocycles. The predicted molar refractivity (Wildman–Crippen MR) is 71.4 cm³/mol. The van der Waals surface area contributed by atoms with Crippen LogP contribution < -0.4 is 5.73 Å². The molecule has 2 N–H and O–H groups in total. The lowest BCUT2D eigenvalue weighted by molar-refractivity contribution is 0.0740. The van der Waals surface area contributed by atoms with Crippen LogP contribution in [0.2, 0.25) is 0 Å². The van der Waals surface area contributed by atoms with Crippen molar-refractivity contribution in [3.8, 4) is 0 Å². The molecular weight excluding hydrogens is 246 g/mol. The molecule has 1 aromatic heterocycles. The van der Waals surface area contributed by atoms with Gasteiger partial charge >= 0.3 is 0 Å². The molecule has 0 fully saturated rings. The second-order valence-electron chi connectivity index (χ2n) is 4.33. The van der Waals surface area contributed by atoms with Crippen LogP contribution in [0.25, 0.3) is 0 Å². The summed E-state index contributed by atoms with van der Waals surface area (Å²) < 4.78 is 0. The molecule has 0 bridgehead atoms. The molecule has 1 amide bonds. The molecular formula is C13H13N3OS. The van der Waals surface area contributed by atoms with E-state index < -0.39 is 0 Å². The second-order valence-corrected chi connectivity index (χ2v) is 5.21. The largest absolute Gasteiger partial charge is 0.398 e. The number of nitrogens with zero attached hydrogens (tertiary/aromatic N) is 2. The summed E-state index contributed by atoms with van der Waals surface area (Å²) >= 11 is 1.38. The van der Waals surface area contributed by atoms with Crippen LogP contribution in [0, 0.1) is 0 Å². The molecule has 3 rings (SSSR count). The van der Waals surface area contributed by atoms with Crippen molar-refractivity contribution in [2.75, 3.05) is 12.3 Å². The quantitative estimate of drug-likeness (QED) is 0.796. The number of carbonyl (C=O) groups excluding carboxylic acids is 1. The van der Waals surface area contributed by atoms with Gasteiger partial charge in [-0.15, -0.1) is 11.3 Å². The summed E-state index contributed by atoms with van der Waals surface area (Å²) in [5, 5.41) is 0. The fraction of sp³-hybridized carbons (Fsp3) is 0.231. The summed E-state index contributed by atoms with van der Waals surface area (Å²) in [6.07, 6.45) is 2.49. The molecule has 0 radical (unpaired) electrons. The highest BCUT2D eigenvalue weighted by Crippen LogP contribution is 2.25. The van der Waals surface area contributed by atoms with Crippen LogP contribution in [-0.4, -0.2) is 22.3 Å². The monoisotopic (exact) mass is 259 g/mol. The van der Waals surface area contributed by atoms with Crippen LogP contribution >= 0.6 is 11.3 Å². The van der Waals surface area contributed by atoms with E-state index in [1.807, 2.05) is 17.0 Å². The Morgan fingerprint density at radius 2 is 2.33 bits per heavy atom. The van der Waals surface area contributed by atoms with Gasteiger partial charge in [-0.25, -0.2) is 0 Å². The number of amides is 1. The Morgan fingerprint density at radius 1 is 1.44 bits per heavy atom. The maximum atomic E-state index is 12.2. The summed E-state index contributed by atoms with van der Waals surface area (Å²) in [4.78, 5) is 18.7. The molecule has 0 aliphatic carbocycles. The lowest BCUT2D eigenvalue weighted by atomic mass is 9.98. The molecule has 0 saturated carbocycles. The number of anilines is 1. The smallest absolute Gasteiger partial charge is 0.265 e. The molecule has 0 saturated heterocycles. The van der Waals surface area contributed by atoms with Crippen molar-refractivity contribution in [2.45, 2.75) is 13.0 Å². The number of aromatic nitrogens is 1. The van der Waals surface area contributed by atoms with E-state index in [9.17, 15) is 4.79 Å². The normalized spacial score (nSPS) is 14.3. The van der Waals surface area contributed by atoms with Gasteiger partial charge in [0.2, 0.25) is 0 Å². The highest BCUT2D eigenvalue weighted by Gasteiger charge is 2.23. The zero-order valence-electron chi connectivity index (χ0n) is 9.80. The lowest BCUT2D eigenvalue weighted by Crippen LogP contribution is -2.35. The van der Waals surface area contributed by atoms with Gasteiger partial charge in [0.25, 0.3) is 5.91 Å². The van der Waals surface area contributed by atoms with Crippen LogP contribution in [0.4, 0.5) is 5.69 Å². The summed E-state index contributed by atoms with van der Waals surface area (Å²) in [5.41, 5.74) is 10.8. The van der Waals surface area contributed by atoms with Gasteiger partial charge in [0, 0.05) is 18.8 Å². The molecule has 1 aliphatic rings. The molecule has 5 heteroatoms. The van der Waals surface area contributed by atoms with Crippen LogP contribution in [0.5, 0.6) is 0 Å². The summed E-state index contributed by atoms with van der Waals surface area (Å²) in [6.45, 7) is 1.34. The molecule has 2 aromatic rings. The van der Waals surface area contributed by atoms with Gasteiger partial charge in [-0.3, -0.25) is 9.78 Å². The first-order valence-corrected chi connectivity index (χ1v) is 6.67. The molecule has 18 heavy (non-hydrogen) atoms. The van der Waals surface area contributed by atoms with Crippen LogP contribution in [0.15, 0.2) is 29.9 Å². The van der Waals surface area contributed by atoms with Crippen LogP contribution in [0.1, 0.15) is 20.8 Å². The minimum Gasteiger partial charge on any atom is -0.398 e. The van der Waals surface area contributed by atoms with Crippen molar-refractivity contribution in [3.05, 3.63) is 45.9 Å². The number of rotatable bonds is 1. The van der Waals surface area contributed by atoms with E-state index >= 15 is 0 Å². The van der Waals surface area contributed by atoms with Gasteiger partial charge in [0.05, 0.1) is 11.7 Å². The molecule has 0 atom stereocenters. The first-order chi connectivity index (χ1) is 8.75. The Kier molecular flexibility index (Phi) is 2.76. The summed E-state index contributed by atoms with van der Waals surface area (Å²) in [6, 6.07) is 5.94. The maximum absolute atomic E-state index is 12.2. The first kappa shape index (κ1) is 11.2. The minimum absolute atomic E-state index is 0.0476. The Hall–Kier alpha value is -1.88. The Balaban J connectivity index is 1.87. The third-order valence-electron chi connectivity index (χ3n) is 3.24. The predicted octanol–water partition coefficient (Wildman–Crippen LogP) is 1.92. The van der Waals surface area contributed by atoms with Gasteiger partial charge in [0.15, 0.2) is 0 Å². The van der Waals surface area contributed by atoms with E-state index in [1.165, 1.54) is 16.9 Å². The first-order valence-electron chi connectivity index (χ1n) is 5.79. The fourth-order valence-electron chi connectivity index (χ4n) is 2.26. The number of thiazole rings is 1. The maximum Gasteiger partial charge on any atom is 0.265 e. The third-order valence-corrected chi connectivity index (χ3v) is 4.00. The van der Waals surface area contributed by atoms with E-state index in [2.05, 4.69) is 11.1 Å². The number of fused-ring (bicyclic) bond motifs is 1. The molecule has 1 aliphatic heterocycles. The van der Waals surface area contributed by atoms with E-state index in [0.29, 0.717) is 11.4 Å². The van der Waals surface area contributed by atoms with Gasteiger partial charge in [-0.05, 0) is 23.6 Å². The van der Waals surface area contributed by atoms with Crippen molar-refractivity contribution < 1.29 is 4.79 Å². The average molecular weight is 259 g/mol. The third kappa shape index (κ3) is 1.86. The number of benzene rings is 1. The zero-order chi connectivity index (χ0) is 12.5. The number of nitrogens with two attached hydrogens (primary N) is 1. The topological polar surface area (TPSA) is 59.2 Å².